The van der Waals surface area contributed by atoms with E-state index in [0.717, 1.165) is 12.1 Å². The molecule has 0 aliphatic carbocycles. The van der Waals surface area contributed by atoms with E-state index < -0.39 is 11.7 Å². The summed E-state index contributed by atoms with van der Waals surface area (Å²) in [5, 5.41) is 2.86. The van der Waals surface area contributed by atoms with Crippen LogP contribution in [-0.2, 0) is 6.18 Å². The number of hydrogen-bond acceptors (Lipinski definition) is 1. The van der Waals surface area contributed by atoms with E-state index in [1.54, 1.807) is 0 Å². The maximum atomic E-state index is 12.1. The van der Waals surface area contributed by atoms with Crippen LogP contribution < -0.4 is 5.32 Å². The molecule has 1 aromatic rings. The van der Waals surface area contributed by atoms with Crippen molar-refractivity contribution in [1.82, 2.24) is 0 Å². The fourth-order valence-corrected chi connectivity index (χ4v) is 0.902. The topological polar surface area (TPSA) is 12.0 Å². The van der Waals surface area contributed by atoms with E-state index in [1.165, 1.54) is 6.07 Å². The molecule has 13 heavy (non-hydrogen) atoms. The van der Waals surface area contributed by atoms with E-state index in [4.69, 9.17) is 0 Å². The SMILES string of the molecule is CCNc1[c]cc(C(F)(F)F)cc1. The Morgan fingerprint density at radius 2 is 2.08 bits per heavy atom. The number of benzene rings is 1. The molecule has 0 spiro atoms. The first kappa shape index (κ1) is 9.89. The average Bonchev–Trinajstić information content (AvgIpc) is 2.04. The highest BCUT2D eigenvalue weighted by Gasteiger charge is 2.29. The quantitative estimate of drug-likeness (QED) is 0.752. The van der Waals surface area contributed by atoms with Gasteiger partial charge in [-0.25, -0.2) is 0 Å². The summed E-state index contributed by atoms with van der Waals surface area (Å²) in [6.07, 6.45) is -4.28. The fourth-order valence-electron chi connectivity index (χ4n) is 0.902. The van der Waals surface area contributed by atoms with E-state index in [1.807, 2.05) is 6.92 Å². The van der Waals surface area contributed by atoms with Gasteiger partial charge in [0.05, 0.1) is 5.56 Å². The molecular weight excluding hydrogens is 179 g/mol. The molecule has 1 nitrogen and oxygen atoms in total. The molecule has 0 saturated carbocycles. The summed E-state index contributed by atoms with van der Waals surface area (Å²) in [7, 11) is 0. The van der Waals surface area contributed by atoms with E-state index >= 15 is 0 Å². The van der Waals surface area contributed by atoms with Crippen LogP contribution in [0.1, 0.15) is 12.5 Å². The summed E-state index contributed by atoms with van der Waals surface area (Å²) < 4.78 is 36.2. The lowest BCUT2D eigenvalue weighted by Crippen LogP contribution is -2.05. The van der Waals surface area contributed by atoms with E-state index in [-0.39, 0.29) is 0 Å². The van der Waals surface area contributed by atoms with Crippen molar-refractivity contribution in [2.75, 3.05) is 11.9 Å². The normalized spacial score (nSPS) is 11.4. The van der Waals surface area contributed by atoms with Crippen LogP contribution in [0.2, 0.25) is 0 Å². The van der Waals surface area contributed by atoms with Gasteiger partial charge in [-0.1, -0.05) is 0 Å². The summed E-state index contributed by atoms with van der Waals surface area (Å²) in [5.74, 6) is 0. The second-order valence-corrected chi connectivity index (χ2v) is 2.52. The van der Waals surface area contributed by atoms with Crippen molar-refractivity contribution in [1.29, 1.82) is 0 Å². The first-order valence-electron chi connectivity index (χ1n) is 3.87. The highest BCUT2D eigenvalue weighted by Crippen LogP contribution is 2.29. The second-order valence-electron chi connectivity index (χ2n) is 2.52. The molecule has 0 aliphatic rings. The van der Waals surface area contributed by atoms with Gasteiger partial charge in [-0.2, -0.15) is 13.2 Å². The molecule has 0 saturated heterocycles. The largest absolute Gasteiger partial charge is 0.416 e. The molecule has 0 bridgehead atoms. The third-order valence-corrected chi connectivity index (χ3v) is 1.51. The van der Waals surface area contributed by atoms with E-state index in [9.17, 15) is 13.2 Å². The zero-order valence-corrected chi connectivity index (χ0v) is 7.07. The van der Waals surface area contributed by atoms with Crippen molar-refractivity contribution in [2.24, 2.45) is 0 Å². The fraction of sp³-hybridized carbons (Fsp3) is 0.333. The third-order valence-electron chi connectivity index (χ3n) is 1.51. The van der Waals surface area contributed by atoms with Crippen LogP contribution in [0.4, 0.5) is 18.9 Å². The van der Waals surface area contributed by atoms with Gasteiger partial charge in [-0.05, 0) is 25.1 Å². The Balaban J connectivity index is 2.81. The Kier molecular flexibility index (Phi) is 2.80. The molecule has 4 heteroatoms. The summed E-state index contributed by atoms with van der Waals surface area (Å²) in [6, 6.07) is 5.86. The summed E-state index contributed by atoms with van der Waals surface area (Å²) in [4.78, 5) is 0. The highest BCUT2D eigenvalue weighted by atomic mass is 19.4. The number of rotatable bonds is 2. The van der Waals surface area contributed by atoms with E-state index in [2.05, 4.69) is 11.4 Å². The summed E-state index contributed by atoms with van der Waals surface area (Å²) in [6.45, 7) is 2.54. The van der Waals surface area contributed by atoms with Gasteiger partial charge in [0.15, 0.2) is 0 Å². The van der Waals surface area contributed by atoms with Crippen molar-refractivity contribution in [3.8, 4) is 0 Å². The van der Waals surface area contributed by atoms with E-state index in [0.29, 0.717) is 12.2 Å². The van der Waals surface area contributed by atoms with Crippen LogP contribution in [-0.4, -0.2) is 6.54 Å². The van der Waals surface area contributed by atoms with Gasteiger partial charge >= 0.3 is 6.18 Å². The Morgan fingerprint density at radius 3 is 2.46 bits per heavy atom. The van der Waals surface area contributed by atoms with Crippen LogP contribution in [0.5, 0.6) is 0 Å². The molecule has 1 aromatic carbocycles. The van der Waals surface area contributed by atoms with Crippen LogP contribution in [0.3, 0.4) is 0 Å². The molecule has 71 valence electrons. The number of halogens is 3. The maximum absolute atomic E-state index is 12.1. The molecule has 0 aliphatic heterocycles. The smallest absolute Gasteiger partial charge is 0.385 e. The number of alkyl halides is 3. The molecule has 1 radical (unpaired) electrons. The minimum Gasteiger partial charge on any atom is -0.385 e. The minimum absolute atomic E-state index is 0.579. The zero-order chi connectivity index (χ0) is 9.90. The Hall–Kier alpha value is -1.19. The molecule has 1 N–H and O–H groups in total. The van der Waals surface area contributed by atoms with Crippen molar-refractivity contribution in [2.45, 2.75) is 13.1 Å². The summed E-state index contributed by atoms with van der Waals surface area (Å²) in [5.41, 5.74) is -0.0929. The lowest BCUT2D eigenvalue weighted by molar-refractivity contribution is -0.137. The van der Waals surface area contributed by atoms with Crippen LogP contribution in [0, 0.1) is 6.07 Å². The summed E-state index contributed by atoms with van der Waals surface area (Å²) >= 11 is 0. The maximum Gasteiger partial charge on any atom is 0.416 e. The van der Waals surface area contributed by atoms with Gasteiger partial charge in [0.1, 0.15) is 0 Å². The molecule has 0 fully saturated rings. The van der Waals surface area contributed by atoms with Gasteiger partial charge in [-0.15, -0.1) is 0 Å². The standard InChI is InChI=1S/C9H9F3N/c1-2-13-8-5-3-7(4-6-8)9(10,11)12/h3-5,13H,2H2,1H3. The molecule has 0 unspecified atom stereocenters. The lowest BCUT2D eigenvalue weighted by Gasteiger charge is -2.07. The monoisotopic (exact) mass is 188 g/mol. The molecule has 0 heterocycles. The predicted octanol–water partition coefficient (Wildman–Crippen LogP) is 2.94. The van der Waals surface area contributed by atoms with Gasteiger partial charge in [0.2, 0.25) is 0 Å². The van der Waals surface area contributed by atoms with Crippen molar-refractivity contribution in [3.05, 3.63) is 29.8 Å². The second kappa shape index (κ2) is 3.68. The average molecular weight is 188 g/mol. The molecular formula is C9H9F3N. The Morgan fingerprint density at radius 1 is 1.38 bits per heavy atom. The third kappa shape index (κ3) is 2.65. The van der Waals surface area contributed by atoms with Crippen molar-refractivity contribution in [3.63, 3.8) is 0 Å². The molecule has 0 amide bonds. The van der Waals surface area contributed by atoms with Crippen molar-refractivity contribution < 1.29 is 13.2 Å². The number of hydrogen-bond donors (Lipinski definition) is 1. The van der Waals surface area contributed by atoms with Crippen LogP contribution >= 0.6 is 0 Å². The Bertz CT molecular complexity index is 263. The first-order valence-corrected chi connectivity index (χ1v) is 3.87. The minimum atomic E-state index is -4.28. The van der Waals surface area contributed by atoms with Crippen LogP contribution in [0.25, 0.3) is 0 Å². The zero-order valence-electron chi connectivity index (χ0n) is 7.07. The first-order chi connectivity index (χ1) is 6.04. The lowest BCUT2D eigenvalue weighted by atomic mass is 10.2. The van der Waals surface area contributed by atoms with Gasteiger partial charge < -0.3 is 5.32 Å². The van der Waals surface area contributed by atoms with Gasteiger partial charge in [-0.3, -0.25) is 0 Å². The molecule has 0 aromatic heterocycles. The Labute approximate surface area is 74.6 Å². The van der Waals surface area contributed by atoms with Gasteiger partial charge in [0.25, 0.3) is 0 Å². The highest BCUT2D eigenvalue weighted by molar-refractivity contribution is 5.43. The van der Waals surface area contributed by atoms with Crippen LogP contribution in [0.15, 0.2) is 18.2 Å². The number of nitrogens with one attached hydrogen (secondary N) is 1. The van der Waals surface area contributed by atoms with Crippen molar-refractivity contribution >= 4 is 5.69 Å². The predicted molar refractivity (Wildman–Crippen MR) is 44.4 cm³/mol. The van der Waals surface area contributed by atoms with Gasteiger partial charge in [0, 0.05) is 18.3 Å². The molecule has 0 atom stereocenters. The molecule has 1 rings (SSSR count). The number of anilines is 1.